The number of rotatable bonds is 4. The average Bonchev–Trinajstić information content (AvgIpc) is 3.89. The summed E-state index contributed by atoms with van der Waals surface area (Å²) in [5.41, 5.74) is 14.3. The van der Waals surface area contributed by atoms with E-state index in [2.05, 4.69) is 228 Å². The van der Waals surface area contributed by atoms with Crippen LogP contribution < -0.4 is 4.90 Å². The van der Waals surface area contributed by atoms with Crippen molar-refractivity contribution in [3.8, 4) is 16.8 Å². The number of fused-ring (bicyclic) bond motifs is 14. The van der Waals surface area contributed by atoms with Gasteiger partial charge in [-0.3, -0.25) is 0 Å². The van der Waals surface area contributed by atoms with Gasteiger partial charge in [0.1, 0.15) is 0 Å². The number of hydrogen-bond acceptors (Lipinski definition) is 3. The molecule has 63 heavy (non-hydrogen) atoms. The van der Waals surface area contributed by atoms with Crippen LogP contribution in [0.25, 0.3) is 69.6 Å². The second-order valence-corrected chi connectivity index (χ2v) is 18.9. The highest BCUT2D eigenvalue weighted by atomic mass is 32.2. The number of anilines is 3. The Kier molecular flexibility index (Phi) is 7.45. The zero-order chi connectivity index (χ0) is 41.2. The summed E-state index contributed by atoms with van der Waals surface area (Å²) in [5.74, 6) is 0. The molecule has 0 unspecified atom stereocenters. The summed E-state index contributed by atoms with van der Waals surface area (Å²) in [6, 6.07) is 81.7. The predicted octanol–water partition coefficient (Wildman–Crippen LogP) is 16.6. The maximum atomic E-state index is 2.51. The van der Waals surface area contributed by atoms with Gasteiger partial charge in [-0.2, -0.15) is 0 Å². The molecule has 0 fully saturated rings. The molecule has 1 aliphatic heterocycles. The van der Waals surface area contributed by atoms with Crippen molar-refractivity contribution in [2.45, 2.75) is 15.2 Å². The highest BCUT2D eigenvalue weighted by Crippen LogP contribution is 2.62. The molecule has 2 aliphatic rings. The molecular weight excluding hydrogens is 801 g/mol. The van der Waals surface area contributed by atoms with Gasteiger partial charge in [-0.25, -0.2) is 0 Å². The second kappa shape index (κ2) is 13.3. The van der Waals surface area contributed by atoms with Gasteiger partial charge in [-0.05, 0) is 123 Å². The van der Waals surface area contributed by atoms with Gasteiger partial charge in [0.15, 0.2) is 0 Å². The van der Waals surface area contributed by atoms with E-state index in [0.717, 1.165) is 17.1 Å². The third-order valence-electron chi connectivity index (χ3n) is 13.6. The molecule has 0 bridgehead atoms. The maximum absolute atomic E-state index is 2.51. The molecule has 3 heterocycles. The fraction of sp³-hybridized carbons (Fsp3) is 0.0169. The van der Waals surface area contributed by atoms with Crippen LogP contribution in [0.1, 0.15) is 22.3 Å². The fourth-order valence-corrected chi connectivity index (χ4v) is 13.5. The van der Waals surface area contributed by atoms with E-state index in [9.17, 15) is 0 Å². The summed E-state index contributed by atoms with van der Waals surface area (Å²) in [4.78, 5) is 5.07. The third kappa shape index (κ3) is 4.85. The monoisotopic (exact) mass is 836 g/mol. The molecule has 1 aliphatic carbocycles. The van der Waals surface area contributed by atoms with Gasteiger partial charge in [-0.1, -0.05) is 151 Å². The molecule has 0 saturated heterocycles. The smallest absolute Gasteiger partial charge is 0.0736 e. The Bertz CT molecular complexity index is 3810. The SMILES string of the molecule is c1ccc(N(c2ccc3c(c2)C2(c4ccccc4Sc4ccccc42)c2cccc4cccc-3c24)c2ccc3c(c2)c2ccccc2n3-c2cccc3sc4ccccc4c23)cc1. The number of benzene rings is 10. The molecule has 0 amide bonds. The van der Waals surface area contributed by atoms with E-state index in [4.69, 9.17) is 0 Å². The van der Waals surface area contributed by atoms with Crippen LogP contribution in [0.2, 0.25) is 0 Å². The van der Waals surface area contributed by atoms with E-state index in [-0.39, 0.29) is 0 Å². The Labute approximate surface area is 372 Å². The van der Waals surface area contributed by atoms with Crippen molar-refractivity contribution in [1.82, 2.24) is 4.57 Å². The third-order valence-corrected chi connectivity index (χ3v) is 15.9. The molecule has 0 N–H and O–H groups in total. The maximum Gasteiger partial charge on any atom is 0.0736 e. The van der Waals surface area contributed by atoms with Crippen LogP contribution in [0.5, 0.6) is 0 Å². The standard InChI is InChI=1S/C59H36N2S2/c1-2-17-38(18-3-1)60(39-32-34-51-45(35-39)42-19-4-8-25-50(42)61(51)52-26-14-30-56-58(52)44-20-5-9-27-53(44)62-56)40-31-33-41-43-21-12-15-37-16-13-24-48(57(37)43)59(49(41)36-40)46-22-6-10-28-54(46)63-55-29-11-7-23-47(55)59/h1-36H. The zero-order valence-electron chi connectivity index (χ0n) is 34.0. The van der Waals surface area contributed by atoms with Crippen LogP contribution in [0.15, 0.2) is 228 Å². The van der Waals surface area contributed by atoms with E-state index in [1.807, 2.05) is 23.1 Å². The van der Waals surface area contributed by atoms with Crippen molar-refractivity contribution in [2.24, 2.45) is 0 Å². The van der Waals surface area contributed by atoms with Crippen molar-refractivity contribution in [3.05, 3.63) is 241 Å². The second-order valence-electron chi connectivity index (χ2n) is 16.8. The first-order valence-electron chi connectivity index (χ1n) is 21.6. The lowest BCUT2D eigenvalue weighted by Gasteiger charge is -2.46. The summed E-state index contributed by atoms with van der Waals surface area (Å²) in [6.07, 6.45) is 0. The minimum Gasteiger partial charge on any atom is -0.310 e. The molecule has 0 atom stereocenters. The van der Waals surface area contributed by atoms with Crippen molar-refractivity contribution < 1.29 is 0 Å². The Hall–Kier alpha value is -7.37. The summed E-state index contributed by atoms with van der Waals surface area (Å²) in [7, 11) is 0. The quantitative estimate of drug-likeness (QED) is 0.174. The van der Waals surface area contributed by atoms with Crippen LogP contribution in [0.4, 0.5) is 17.1 Å². The molecule has 2 aromatic heterocycles. The van der Waals surface area contributed by atoms with Gasteiger partial charge in [0.05, 0.1) is 22.1 Å². The number of hydrogen-bond donors (Lipinski definition) is 0. The van der Waals surface area contributed by atoms with Gasteiger partial charge in [0.2, 0.25) is 0 Å². The van der Waals surface area contributed by atoms with Gasteiger partial charge in [0, 0.05) is 57.8 Å². The molecule has 0 radical (unpaired) electrons. The first-order chi connectivity index (χ1) is 31.3. The first-order valence-corrected chi connectivity index (χ1v) is 23.2. The number of para-hydroxylation sites is 2. The van der Waals surface area contributed by atoms with Crippen molar-refractivity contribution >= 4 is 92.9 Å². The average molecular weight is 837 g/mol. The van der Waals surface area contributed by atoms with Crippen LogP contribution >= 0.6 is 23.1 Å². The molecule has 1 spiro atoms. The predicted molar refractivity (Wildman–Crippen MR) is 267 cm³/mol. The Morgan fingerprint density at radius 1 is 0.381 bits per heavy atom. The van der Waals surface area contributed by atoms with Crippen molar-refractivity contribution in [2.75, 3.05) is 4.90 Å². The lowest BCUT2D eigenvalue weighted by Crippen LogP contribution is -2.36. The van der Waals surface area contributed by atoms with Crippen LogP contribution in [-0.4, -0.2) is 4.57 Å². The fourth-order valence-electron chi connectivity index (χ4n) is 11.1. The van der Waals surface area contributed by atoms with E-state index < -0.39 is 5.41 Å². The van der Waals surface area contributed by atoms with E-state index in [1.54, 1.807) is 0 Å². The number of thiophene rings is 1. The van der Waals surface area contributed by atoms with Crippen LogP contribution in [-0.2, 0) is 5.41 Å². The van der Waals surface area contributed by atoms with Crippen molar-refractivity contribution in [3.63, 3.8) is 0 Å². The van der Waals surface area contributed by atoms with Crippen LogP contribution in [0.3, 0.4) is 0 Å². The molecule has 0 saturated carbocycles. The highest BCUT2D eigenvalue weighted by molar-refractivity contribution is 7.99. The summed E-state index contributed by atoms with van der Waals surface area (Å²) in [6.45, 7) is 0. The minimum absolute atomic E-state index is 0.537. The highest BCUT2D eigenvalue weighted by Gasteiger charge is 2.48. The molecule has 2 nitrogen and oxygen atoms in total. The summed E-state index contributed by atoms with van der Waals surface area (Å²) in [5, 5.41) is 7.68. The van der Waals surface area contributed by atoms with E-state index >= 15 is 0 Å². The first kappa shape index (κ1) is 35.2. The van der Waals surface area contributed by atoms with Gasteiger partial charge in [-0.15, -0.1) is 11.3 Å². The van der Waals surface area contributed by atoms with E-state index in [0.29, 0.717) is 0 Å². The Balaban J connectivity index is 1.04. The summed E-state index contributed by atoms with van der Waals surface area (Å²) < 4.78 is 5.10. The zero-order valence-corrected chi connectivity index (χ0v) is 35.6. The lowest BCUT2D eigenvalue weighted by atomic mass is 9.59. The molecule has 4 heteroatoms. The van der Waals surface area contributed by atoms with E-state index in [1.165, 1.54) is 102 Å². The van der Waals surface area contributed by atoms with Crippen LogP contribution in [0, 0.1) is 0 Å². The molecule has 10 aromatic carbocycles. The molecular formula is C59H36N2S2. The van der Waals surface area contributed by atoms with Crippen molar-refractivity contribution in [1.29, 1.82) is 0 Å². The topological polar surface area (TPSA) is 8.17 Å². The summed E-state index contributed by atoms with van der Waals surface area (Å²) >= 11 is 3.76. The van der Waals surface area contributed by atoms with Gasteiger partial charge >= 0.3 is 0 Å². The normalized spacial score (nSPS) is 13.5. The number of aromatic nitrogens is 1. The molecule has 294 valence electrons. The van der Waals surface area contributed by atoms with Gasteiger partial charge < -0.3 is 9.47 Å². The largest absolute Gasteiger partial charge is 0.310 e. The molecule has 12 aromatic rings. The molecule has 14 rings (SSSR count). The van der Waals surface area contributed by atoms with Gasteiger partial charge in [0.25, 0.3) is 0 Å². The minimum atomic E-state index is -0.537. The Morgan fingerprint density at radius 2 is 1.02 bits per heavy atom. The Morgan fingerprint density at radius 3 is 1.86 bits per heavy atom. The number of nitrogens with zero attached hydrogens (tertiary/aromatic N) is 2. The lowest BCUT2D eigenvalue weighted by molar-refractivity contribution is 0.707.